The quantitative estimate of drug-likeness (QED) is 0.759. The van der Waals surface area contributed by atoms with E-state index < -0.39 is 0 Å². The standard InChI is InChI=1S/C10H13ClN4O2/c1-12-9(16)7-6-17-5-4-15(7)8-2-3-13-10(11)14-8/h2-3,7H,4-6H2,1H3,(H,12,16). The molecule has 0 aliphatic carbocycles. The molecule has 7 heteroatoms. The van der Waals surface area contributed by atoms with E-state index in [1.807, 2.05) is 4.90 Å². The molecule has 2 heterocycles. The highest BCUT2D eigenvalue weighted by Gasteiger charge is 2.29. The van der Waals surface area contributed by atoms with Gasteiger partial charge in [0.1, 0.15) is 11.9 Å². The van der Waals surface area contributed by atoms with Gasteiger partial charge in [-0.05, 0) is 17.7 Å². The summed E-state index contributed by atoms with van der Waals surface area (Å²) in [6.07, 6.45) is 1.57. The molecule has 1 aliphatic heterocycles. The van der Waals surface area contributed by atoms with Crippen LogP contribution in [0.2, 0.25) is 5.28 Å². The molecule has 0 saturated carbocycles. The fraction of sp³-hybridized carbons (Fsp3) is 0.500. The minimum Gasteiger partial charge on any atom is -0.377 e. The number of carbonyl (C=O) groups excluding carboxylic acids is 1. The zero-order chi connectivity index (χ0) is 12.3. The Kier molecular flexibility index (Phi) is 3.75. The SMILES string of the molecule is CNC(=O)C1COCCN1c1ccnc(Cl)n1. The third kappa shape index (κ3) is 2.65. The van der Waals surface area contributed by atoms with E-state index in [1.54, 1.807) is 19.3 Å². The molecule has 1 aromatic heterocycles. The summed E-state index contributed by atoms with van der Waals surface area (Å²) in [7, 11) is 1.60. The van der Waals surface area contributed by atoms with Gasteiger partial charge in [0.2, 0.25) is 11.2 Å². The number of rotatable bonds is 2. The second-order valence-electron chi connectivity index (χ2n) is 3.58. The van der Waals surface area contributed by atoms with Crippen molar-refractivity contribution < 1.29 is 9.53 Å². The Morgan fingerprint density at radius 1 is 1.71 bits per heavy atom. The molecule has 1 aromatic rings. The maximum absolute atomic E-state index is 11.7. The minimum atomic E-state index is -0.375. The Hall–Kier alpha value is -1.40. The maximum Gasteiger partial charge on any atom is 0.244 e. The van der Waals surface area contributed by atoms with Crippen LogP contribution in [0.15, 0.2) is 12.3 Å². The van der Waals surface area contributed by atoms with Crippen molar-refractivity contribution in [3.63, 3.8) is 0 Å². The van der Waals surface area contributed by atoms with E-state index in [1.165, 1.54) is 0 Å². The molecule has 1 fully saturated rings. The van der Waals surface area contributed by atoms with Crippen molar-refractivity contribution in [2.75, 3.05) is 31.7 Å². The predicted molar refractivity (Wildman–Crippen MR) is 63.1 cm³/mol. The summed E-state index contributed by atoms with van der Waals surface area (Å²) < 4.78 is 5.31. The van der Waals surface area contributed by atoms with Gasteiger partial charge in [-0.3, -0.25) is 4.79 Å². The molecule has 6 nitrogen and oxygen atoms in total. The molecule has 1 amide bonds. The summed E-state index contributed by atoms with van der Waals surface area (Å²) in [6, 6.07) is 1.35. The first-order valence-electron chi connectivity index (χ1n) is 5.27. The zero-order valence-corrected chi connectivity index (χ0v) is 10.1. The second-order valence-corrected chi connectivity index (χ2v) is 3.92. The van der Waals surface area contributed by atoms with Crippen LogP contribution in [0.4, 0.5) is 5.82 Å². The van der Waals surface area contributed by atoms with Crippen molar-refractivity contribution in [2.45, 2.75) is 6.04 Å². The molecular weight excluding hydrogens is 244 g/mol. The van der Waals surface area contributed by atoms with E-state index in [-0.39, 0.29) is 17.2 Å². The van der Waals surface area contributed by atoms with Crippen molar-refractivity contribution >= 4 is 23.3 Å². The highest BCUT2D eigenvalue weighted by atomic mass is 35.5. The summed E-state index contributed by atoms with van der Waals surface area (Å²) in [6.45, 7) is 1.52. The van der Waals surface area contributed by atoms with Crippen molar-refractivity contribution in [1.82, 2.24) is 15.3 Å². The predicted octanol–water partition coefficient (Wildman–Crippen LogP) is 0.0812. The van der Waals surface area contributed by atoms with Crippen molar-refractivity contribution in [1.29, 1.82) is 0 Å². The molecule has 1 atom stereocenters. The number of aromatic nitrogens is 2. The number of ether oxygens (including phenoxy) is 1. The number of carbonyl (C=O) groups is 1. The lowest BCUT2D eigenvalue weighted by Gasteiger charge is -2.35. The van der Waals surface area contributed by atoms with Crippen LogP contribution in [0.5, 0.6) is 0 Å². The summed E-state index contributed by atoms with van der Waals surface area (Å²) in [5, 5.41) is 2.78. The fourth-order valence-electron chi connectivity index (χ4n) is 1.75. The fourth-order valence-corrected chi connectivity index (χ4v) is 1.89. The first kappa shape index (κ1) is 12.1. The Bertz CT molecular complexity index is 415. The highest BCUT2D eigenvalue weighted by Crippen LogP contribution is 2.18. The number of halogens is 1. The van der Waals surface area contributed by atoms with Crippen LogP contribution in [-0.4, -0.2) is 48.7 Å². The Morgan fingerprint density at radius 2 is 2.53 bits per heavy atom. The molecule has 1 unspecified atom stereocenters. The summed E-state index contributed by atoms with van der Waals surface area (Å²) in [4.78, 5) is 21.5. The number of nitrogens with one attached hydrogen (secondary N) is 1. The Morgan fingerprint density at radius 3 is 3.24 bits per heavy atom. The number of hydrogen-bond donors (Lipinski definition) is 1. The average Bonchev–Trinajstić information content (AvgIpc) is 2.38. The summed E-state index contributed by atoms with van der Waals surface area (Å²) in [5.74, 6) is 0.543. The first-order chi connectivity index (χ1) is 8.22. The van der Waals surface area contributed by atoms with Crippen LogP contribution < -0.4 is 10.2 Å². The molecule has 0 radical (unpaired) electrons. The topological polar surface area (TPSA) is 67.3 Å². The Labute approximate surface area is 104 Å². The number of morpholine rings is 1. The monoisotopic (exact) mass is 256 g/mol. The van der Waals surface area contributed by atoms with Gasteiger partial charge in [-0.15, -0.1) is 0 Å². The number of anilines is 1. The van der Waals surface area contributed by atoms with E-state index in [4.69, 9.17) is 16.3 Å². The lowest BCUT2D eigenvalue weighted by atomic mass is 10.2. The molecule has 0 bridgehead atoms. The van der Waals surface area contributed by atoms with E-state index in [9.17, 15) is 4.79 Å². The van der Waals surface area contributed by atoms with Crippen LogP contribution in [0.25, 0.3) is 0 Å². The van der Waals surface area contributed by atoms with Gasteiger partial charge >= 0.3 is 0 Å². The van der Waals surface area contributed by atoms with Gasteiger partial charge in [-0.25, -0.2) is 9.97 Å². The number of hydrogen-bond acceptors (Lipinski definition) is 5. The Balaban J connectivity index is 2.24. The molecule has 0 aromatic carbocycles. The first-order valence-corrected chi connectivity index (χ1v) is 5.64. The normalized spacial score (nSPS) is 20.1. The third-order valence-corrected chi connectivity index (χ3v) is 2.77. The molecule has 1 saturated heterocycles. The van der Waals surface area contributed by atoms with Crippen LogP contribution in [0, 0.1) is 0 Å². The summed E-state index contributed by atoms with van der Waals surface area (Å²) in [5.41, 5.74) is 0. The second kappa shape index (κ2) is 5.29. The maximum atomic E-state index is 11.7. The van der Waals surface area contributed by atoms with Gasteiger partial charge in [0, 0.05) is 19.8 Å². The van der Waals surface area contributed by atoms with E-state index in [2.05, 4.69) is 15.3 Å². The van der Waals surface area contributed by atoms with Crippen LogP contribution >= 0.6 is 11.6 Å². The van der Waals surface area contributed by atoms with Gasteiger partial charge in [0.15, 0.2) is 0 Å². The molecule has 2 rings (SSSR count). The molecule has 17 heavy (non-hydrogen) atoms. The van der Waals surface area contributed by atoms with Gasteiger partial charge in [-0.2, -0.15) is 0 Å². The smallest absolute Gasteiger partial charge is 0.244 e. The summed E-state index contributed by atoms with van der Waals surface area (Å²) >= 11 is 5.74. The number of amides is 1. The van der Waals surface area contributed by atoms with Crippen LogP contribution in [0.3, 0.4) is 0 Å². The van der Waals surface area contributed by atoms with E-state index in [0.717, 1.165) is 0 Å². The number of likely N-dealkylation sites (N-methyl/N-ethyl adjacent to an activating group) is 1. The molecular formula is C10H13ClN4O2. The van der Waals surface area contributed by atoms with E-state index >= 15 is 0 Å². The lowest BCUT2D eigenvalue weighted by Crippen LogP contribution is -2.53. The van der Waals surface area contributed by atoms with Crippen molar-refractivity contribution in [3.05, 3.63) is 17.5 Å². The van der Waals surface area contributed by atoms with Gasteiger partial charge in [0.05, 0.1) is 13.2 Å². The molecule has 1 aliphatic rings. The molecule has 92 valence electrons. The molecule has 0 spiro atoms. The zero-order valence-electron chi connectivity index (χ0n) is 9.39. The van der Waals surface area contributed by atoms with Crippen molar-refractivity contribution in [2.24, 2.45) is 0 Å². The highest BCUT2D eigenvalue weighted by molar-refractivity contribution is 6.28. The minimum absolute atomic E-state index is 0.0977. The van der Waals surface area contributed by atoms with Crippen LogP contribution in [0.1, 0.15) is 0 Å². The van der Waals surface area contributed by atoms with E-state index in [0.29, 0.717) is 25.6 Å². The van der Waals surface area contributed by atoms with Gasteiger partial charge < -0.3 is 15.0 Å². The average molecular weight is 257 g/mol. The number of nitrogens with zero attached hydrogens (tertiary/aromatic N) is 3. The van der Waals surface area contributed by atoms with Crippen LogP contribution in [-0.2, 0) is 9.53 Å². The van der Waals surface area contributed by atoms with Gasteiger partial charge in [0.25, 0.3) is 0 Å². The largest absolute Gasteiger partial charge is 0.377 e. The lowest BCUT2D eigenvalue weighted by molar-refractivity contribution is -0.124. The molecule has 1 N–H and O–H groups in total. The third-order valence-electron chi connectivity index (χ3n) is 2.58. The van der Waals surface area contributed by atoms with Crippen molar-refractivity contribution in [3.8, 4) is 0 Å². The van der Waals surface area contributed by atoms with Gasteiger partial charge in [-0.1, -0.05) is 0 Å².